The SMILES string of the molecule is O=C(C1CCN(c2nccc(N3Cc4ccccc4C3)n2)C1)N1CCCC1. The van der Waals surface area contributed by atoms with Crippen LogP contribution in [0.2, 0.25) is 0 Å². The van der Waals surface area contributed by atoms with E-state index in [0.29, 0.717) is 5.91 Å². The number of carbonyl (C=O) groups is 1. The molecule has 0 bridgehead atoms. The van der Waals surface area contributed by atoms with Gasteiger partial charge in [-0.15, -0.1) is 0 Å². The highest BCUT2D eigenvalue weighted by Crippen LogP contribution is 2.29. The lowest BCUT2D eigenvalue weighted by Gasteiger charge is -2.22. The van der Waals surface area contributed by atoms with E-state index in [-0.39, 0.29) is 5.92 Å². The van der Waals surface area contributed by atoms with E-state index >= 15 is 0 Å². The minimum Gasteiger partial charge on any atom is -0.348 e. The highest BCUT2D eigenvalue weighted by molar-refractivity contribution is 5.80. The second kappa shape index (κ2) is 6.83. The van der Waals surface area contributed by atoms with Crippen molar-refractivity contribution < 1.29 is 4.79 Å². The molecule has 0 spiro atoms. The molecule has 27 heavy (non-hydrogen) atoms. The van der Waals surface area contributed by atoms with E-state index in [4.69, 9.17) is 4.98 Å². The van der Waals surface area contributed by atoms with Gasteiger partial charge in [0.05, 0.1) is 5.92 Å². The van der Waals surface area contributed by atoms with Crippen molar-refractivity contribution in [3.05, 3.63) is 47.7 Å². The quantitative estimate of drug-likeness (QED) is 0.838. The van der Waals surface area contributed by atoms with Gasteiger partial charge in [-0.1, -0.05) is 24.3 Å². The Balaban J connectivity index is 1.28. The van der Waals surface area contributed by atoms with Crippen LogP contribution in [-0.2, 0) is 17.9 Å². The fraction of sp³-hybridized carbons (Fsp3) is 0.476. The van der Waals surface area contributed by atoms with Gasteiger partial charge in [0.2, 0.25) is 11.9 Å². The normalized spacial score (nSPS) is 21.8. The Bertz CT molecular complexity index is 823. The lowest BCUT2D eigenvalue weighted by Crippen LogP contribution is -2.35. The summed E-state index contributed by atoms with van der Waals surface area (Å²) >= 11 is 0. The topological polar surface area (TPSA) is 52.6 Å². The third-order valence-electron chi connectivity index (χ3n) is 6.03. The highest BCUT2D eigenvalue weighted by Gasteiger charge is 2.33. The van der Waals surface area contributed by atoms with Crippen molar-refractivity contribution in [1.82, 2.24) is 14.9 Å². The third kappa shape index (κ3) is 3.13. The lowest BCUT2D eigenvalue weighted by atomic mass is 10.1. The first-order valence-electron chi connectivity index (χ1n) is 9.96. The Labute approximate surface area is 159 Å². The van der Waals surface area contributed by atoms with Crippen LogP contribution in [0.4, 0.5) is 11.8 Å². The van der Waals surface area contributed by atoms with E-state index < -0.39 is 0 Å². The van der Waals surface area contributed by atoms with Crippen LogP contribution in [0.25, 0.3) is 0 Å². The maximum Gasteiger partial charge on any atom is 0.227 e. The largest absolute Gasteiger partial charge is 0.348 e. The Hall–Kier alpha value is -2.63. The molecule has 1 unspecified atom stereocenters. The second-order valence-corrected chi connectivity index (χ2v) is 7.80. The Kier molecular flexibility index (Phi) is 4.19. The first kappa shape index (κ1) is 16.5. The summed E-state index contributed by atoms with van der Waals surface area (Å²) in [5.41, 5.74) is 2.74. The lowest BCUT2D eigenvalue weighted by molar-refractivity contribution is -0.133. The molecule has 0 aliphatic carbocycles. The molecule has 5 rings (SSSR count). The number of rotatable bonds is 3. The molecule has 1 aromatic carbocycles. The summed E-state index contributed by atoms with van der Waals surface area (Å²) in [4.78, 5) is 28.5. The summed E-state index contributed by atoms with van der Waals surface area (Å²) in [5.74, 6) is 2.12. The van der Waals surface area contributed by atoms with Crippen molar-refractivity contribution in [2.75, 3.05) is 36.0 Å². The van der Waals surface area contributed by atoms with E-state index in [9.17, 15) is 4.79 Å². The molecule has 2 saturated heterocycles. The van der Waals surface area contributed by atoms with Crippen LogP contribution in [0.5, 0.6) is 0 Å². The smallest absolute Gasteiger partial charge is 0.227 e. The summed E-state index contributed by atoms with van der Waals surface area (Å²) in [6.07, 6.45) is 5.03. The van der Waals surface area contributed by atoms with Gasteiger partial charge in [-0.05, 0) is 36.5 Å². The first-order chi connectivity index (χ1) is 13.3. The van der Waals surface area contributed by atoms with Gasteiger partial charge in [-0.25, -0.2) is 4.98 Å². The molecule has 3 aliphatic heterocycles. The molecule has 1 aromatic heterocycles. The summed E-state index contributed by atoms with van der Waals surface area (Å²) in [6.45, 7) is 5.23. The van der Waals surface area contributed by atoms with E-state index in [1.54, 1.807) is 0 Å². The van der Waals surface area contributed by atoms with E-state index in [1.165, 1.54) is 11.1 Å². The molecule has 6 nitrogen and oxygen atoms in total. The predicted octanol–water partition coefficient (Wildman–Crippen LogP) is 2.45. The van der Waals surface area contributed by atoms with Gasteiger partial charge in [0.1, 0.15) is 5.82 Å². The average Bonchev–Trinajstić information content (AvgIpc) is 3.48. The van der Waals surface area contributed by atoms with Crippen LogP contribution >= 0.6 is 0 Å². The number of likely N-dealkylation sites (tertiary alicyclic amines) is 1. The van der Waals surface area contributed by atoms with Crippen molar-refractivity contribution >= 4 is 17.7 Å². The number of anilines is 2. The van der Waals surface area contributed by atoms with Crippen molar-refractivity contribution in [2.45, 2.75) is 32.4 Å². The van der Waals surface area contributed by atoms with Gasteiger partial charge in [-0.3, -0.25) is 4.79 Å². The van der Waals surface area contributed by atoms with E-state index in [0.717, 1.165) is 70.3 Å². The summed E-state index contributed by atoms with van der Waals surface area (Å²) in [6, 6.07) is 10.5. The number of hydrogen-bond acceptors (Lipinski definition) is 5. The van der Waals surface area contributed by atoms with Crippen LogP contribution in [0.3, 0.4) is 0 Å². The van der Waals surface area contributed by atoms with Crippen LogP contribution in [0.1, 0.15) is 30.4 Å². The van der Waals surface area contributed by atoms with Crippen molar-refractivity contribution in [3.63, 3.8) is 0 Å². The number of nitrogens with zero attached hydrogens (tertiary/aromatic N) is 5. The molecule has 1 atom stereocenters. The molecular weight excluding hydrogens is 338 g/mol. The van der Waals surface area contributed by atoms with Crippen molar-refractivity contribution in [3.8, 4) is 0 Å². The molecule has 2 aromatic rings. The Morgan fingerprint density at radius 3 is 2.44 bits per heavy atom. The summed E-state index contributed by atoms with van der Waals surface area (Å²) in [7, 11) is 0. The molecular formula is C21H25N5O. The van der Waals surface area contributed by atoms with Crippen molar-refractivity contribution in [1.29, 1.82) is 0 Å². The zero-order valence-electron chi connectivity index (χ0n) is 15.5. The Morgan fingerprint density at radius 2 is 1.70 bits per heavy atom. The van der Waals surface area contributed by atoms with Gasteiger partial charge < -0.3 is 14.7 Å². The fourth-order valence-corrected chi connectivity index (χ4v) is 4.50. The molecule has 0 saturated carbocycles. The molecule has 4 heterocycles. The molecule has 3 aliphatic rings. The third-order valence-corrected chi connectivity index (χ3v) is 6.03. The highest BCUT2D eigenvalue weighted by atomic mass is 16.2. The second-order valence-electron chi connectivity index (χ2n) is 7.80. The van der Waals surface area contributed by atoms with Gasteiger partial charge in [-0.2, -0.15) is 4.98 Å². The summed E-state index contributed by atoms with van der Waals surface area (Å²) < 4.78 is 0. The van der Waals surface area contributed by atoms with Crippen LogP contribution in [-0.4, -0.2) is 47.0 Å². The predicted molar refractivity (Wildman–Crippen MR) is 104 cm³/mol. The first-order valence-corrected chi connectivity index (χ1v) is 9.96. The van der Waals surface area contributed by atoms with E-state index in [2.05, 4.69) is 39.0 Å². The molecule has 0 radical (unpaired) electrons. The maximum absolute atomic E-state index is 12.7. The minimum atomic E-state index is 0.0893. The number of benzene rings is 1. The number of amides is 1. The Morgan fingerprint density at radius 1 is 0.963 bits per heavy atom. The average molecular weight is 363 g/mol. The standard InChI is InChI=1S/C21H25N5O/c27-20(24-10-3-4-11-24)18-8-12-25(15-18)21-22-9-7-19(23-21)26-13-16-5-1-2-6-17(16)14-26/h1-2,5-7,9,18H,3-4,8,10-15H2. The zero-order valence-corrected chi connectivity index (χ0v) is 15.5. The van der Waals surface area contributed by atoms with Crippen LogP contribution < -0.4 is 9.80 Å². The van der Waals surface area contributed by atoms with Crippen molar-refractivity contribution in [2.24, 2.45) is 5.92 Å². The van der Waals surface area contributed by atoms with Gasteiger partial charge in [0.15, 0.2) is 0 Å². The van der Waals surface area contributed by atoms with Gasteiger partial charge in [0.25, 0.3) is 0 Å². The van der Waals surface area contributed by atoms with E-state index in [1.807, 2.05) is 17.2 Å². The molecule has 2 fully saturated rings. The number of fused-ring (bicyclic) bond motifs is 1. The number of aromatic nitrogens is 2. The maximum atomic E-state index is 12.7. The molecule has 140 valence electrons. The fourth-order valence-electron chi connectivity index (χ4n) is 4.50. The monoisotopic (exact) mass is 363 g/mol. The van der Waals surface area contributed by atoms with Gasteiger partial charge in [0, 0.05) is 45.5 Å². The molecule has 0 N–H and O–H groups in total. The zero-order chi connectivity index (χ0) is 18.2. The van der Waals surface area contributed by atoms with Crippen LogP contribution in [0, 0.1) is 5.92 Å². The van der Waals surface area contributed by atoms with Crippen LogP contribution in [0.15, 0.2) is 36.5 Å². The minimum absolute atomic E-state index is 0.0893. The number of hydrogen-bond donors (Lipinski definition) is 0. The number of carbonyl (C=O) groups excluding carboxylic acids is 1. The molecule has 6 heteroatoms. The molecule has 1 amide bonds. The van der Waals surface area contributed by atoms with Gasteiger partial charge >= 0.3 is 0 Å². The summed E-state index contributed by atoms with van der Waals surface area (Å²) in [5, 5.41) is 0.